The molecule has 2 heteroatoms. The molecule has 0 bridgehead atoms. The first-order valence-corrected chi connectivity index (χ1v) is 6.04. The number of alkyl halides is 1. The van der Waals surface area contributed by atoms with Gasteiger partial charge in [-0.3, -0.25) is 0 Å². The van der Waals surface area contributed by atoms with Crippen LogP contribution in [-0.4, -0.2) is 4.83 Å². The van der Waals surface area contributed by atoms with Crippen molar-refractivity contribution in [3.05, 3.63) is 35.6 Å². The Hall–Kier alpha value is -0.370. The second-order valence-corrected chi connectivity index (χ2v) is 5.40. The van der Waals surface area contributed by atoms with Crippen molar-refractivity contribution in [3.8, 4) is 0 Å². The molecule has 0 amide bonds. The number of halogens is 2. The van der Waals surface area contributed by atoms with Gasteiger partial charge in [-0.15, -0.1) is 0 Å². The fraction of sp³-hybridized carbons (Fsp3) is 0.500. The second-order valence-electron chi connectivity index (χ2n) is 4.11. The van der Waals surface area contributed by atoms with Crippen LogP contribution >= 0.6 is 15.9 Å². The van der Waals surface area contributed by atoms with Crippen LogP contribution in [0.1, 0.15) is 24.8 Å². The normalized spacial score (nSPS) is 26.7. The minimum Gasteiger partial charge on any atom is -0.207 e. The molecule has 1 aliphatic rings. The van der Waals surface area contributed by atoms with Crippen LogP contribution in [0.25, 0.3) is 0 Å². The van der Waals surface area contributed by atoms with Crippen LogP contribution in [0, 0.1) is 11.7 Å². The van der Waals surface area contributed by atoms with Gasteiger partial charge in [0.1, 0.15) is 5.82 Å². The lowest BCUT2D eigenvalue weighted by Gasteiger charge is -2.08. The van der Waals surface area contributed by atoms with Gasteiger partial charge in [0.05, 0.1) is 0 Å². The van der Waals surface area contributed by atoms with E-state index in [1.807, 2.05) is 12.1 Å². The van der Waals surface area contributed by atoms with Crippen molar-refractivity contribution in [2.75, 3.05) is 0 Å². The number of hydrogen-bond acceptors (Lipinski definition) is 0. The van der Waals surface area contributed by atoms with Crippen molar-refractivity contribution in [2.24, 2.45) is 5.92 Å². The Morgan fingerprint density at radius 2 is 1.93 bits per heavy atom. The first-order chi connectivity index (χ1) is 6.74. The molecule has 2 atom stereocenters. The van der Waals surface area contributed by atoms with Crippen LogP contribution in [0.15, 0.2) is 24.3 Å². The monoisotopic (exact) mass is 256 g/mol. The van der Waals surface area contributed by atoms with E-state index < -0.39 is 0 Å². The summed E-state index contributed by atoms with van der Waals surface area (Å²) >= 11 is 3.64. The summed E-state index contributed by atoms with van der Waals surface area (Å²) in [6, 6.07) is 6.90. The average Bonchev–Trinajstić information content (AvgIpc) is 2.56. The van der Waals surface area contributed by atoms with Gasteiger partial charge in [-0.25, -0.2) is 4.39 Å². The molecule has 0 aliphatic heterocycles. The summed E-state index contributed by atoms with van der Waals surface area (Å²) in [5.41, 5.74) is 1.26. The molecule has 2 rings (SSSR count). The Labute approximate surface area is 92.6 Å². The molecule has 2 unspecified atom stereocenters. The SMILES string of the molecule is Fc1ccc(CC2CCC(Br)C2)cc1. The van der Waals surface area contributed by atoms with E-state index in [1.165, 1.54) is 24.8 Å². The second kappa shape index (κ2) is 4.43. The Bertz CT molecular complexity index is 294. The van der Waals surface area contributed by atoms with Crippen molar-refractivity contribution in [1.82, 2.24) is 0 Å². The van der Waals surface area contributed by atoms with Crippen LogP contribution in [0.5, 0.6) is 0 Å². The number of rotatable bonds is 2. The zero-order chi connectivity index (χ0) is 9.97. The van der Waals surface area contributed by atoms with Crippen molar-refractivity contribution < 1.29 is 4.39 Å². The molecular formula is C12H14BrF. The standard InChI is InChI=1S/C12H14BrF/c13-11-4-1-10(8-11)7-9-2-5-12(14)6-3-9/h2-3,5-6,10-11H,1,4,7-8H2. The molecule has 1 aromatic carbocycles. The maximum absolute atomic E-state index is 12.7. The molecule has 0 radical (unpaired) electrons. The van der Waals surface area contributed by atoms with Crippen molar-refractivity contribution in [2.45, 2.75) is 30.5 Å². The summed E-state index contributed by atoms with van der Waals surface area (Å²) in [7, 11) is 0. The van der Waals surface area contributed by atoms with E-state index in [2.05, 4.69) is 15.9 Å². The molecule has 1 saturated carbocycles. The van der Waals surface area contributed by atoms with Gasteiger partial charge in [0, 0.05) is 4.83 Å². The van der Waals surface area contributed by atoms with Crippen molar-refractivity contribution in [1.29, 1.82) is 0 Å². The first kappa shape index (κ1) is 10.2. The topological polar surface area (TPSA) is 0 Å². The summed E-state index contributed by atoms with van der Waals surface area (Å²) < 4.78 is 12.7. The van der Waals surface area contributed by atoms with Gasteiger partial charge in [-0.2, -0.15) is 0 Å². The lowest BCUT2D eigenvalue weighted by molar-refractivity contribution is 0.547. The molecule has 1 aromatic rings. The summed E-state index contributed by atoms with van der Waals surface area (Å²) in [6.07, 6.45) is 4.94. The third kappa shape index (κ3) is 2.57. The van der Waals surface area contributed by atoms with Gasteiger partial charge in [0.2, 0.25) is 0 Å². The van der Waals surface area contributed by atoms with Crippen LogP contribution in [0.4, 0.5) is 4.39 Å². The zero-order valence-electron chi connectivity index (χ0n) is 8.05. The van der Waals surface area contributed by atoms with E-state index in [1.54, 1.807) is 12.1 Å². The Morgan fingerprint density at radius 1 is 1.21 bits per heavy atom. The number of hydrogen-bond donors (Lipinski definition) is 0. The number of benzene rings is 1. The largest absolute Gasteiger partial charge is 0.207 e. The maximum atomic E-state index is 12.7. The Morgan fingerprint density at radius 3 is 2.50 bits per heavy atom. The third-order valence-corrected chi connectivity index (χ3v) is 3.75. The molecule has 0 nitrogen and oxygen atoms in total. The average molecular weight is 257 g/mol. The zero-order valence-corrected chi connectivity index (χ0v) is 9.63. The highest BCUT2D eigenvalue weighted by molar-refractivity contribution is 9.09. The smallest absolute Gasteiger partial charge is 0.123 e. The van der Waals surface area contributed by atoms with Crippen LogP contribution in [0.3, 0.4) is 0 Å². The molecular weight excluding hydrogens is 243 g/mol. The lowest BCUT2D eigenvalue weighted by atomic mass is 9.98. The first-order valence-electron chi connectivity index (χ1n) is 5.12. The minimum atomic E-state index is -0.140. The Kier molecular flexibility index (Phi) is 3.22. The van der Waals surface area contributed by atoms with E-state index in [0.717, 1.165) is 12.3 Å². The molecule has 14 heavy (non-hydrogen) atoms. The quantitative estimate of drug-likeness (QED) is 0.704. The maximum Gasteiger partial charge on any atom is 0.123 e. The summed E-state index contributed by atoms with van der Waals surface area (Å²) in [5.74, 6) is 0.642. The van der Waals surface area contributed by atoms with Crippen molar-refractivity contribution in [3.63, 3.8) is 0 Å². The predicted octanol–water partition coefficient (Wildman–Crippen LogP) is 3.93. The van der Waals surface area contributed by atoms with E-state index in [0.29, 0.717) is 4.83 Å². The van der Waals surface area contributed by atoms with E-state index in [4.69, 9.17) is 0 Å². The highest BCUT2D eigenvalue weighted by Crippen LogP contribution is 2.32. The molecule has 76 valence electrons. The van der Waals surface area contributed by atoms with Gasteiger partial charge < -0.3 is 0 Å². The van der Waals surface area contributed by atoms with Gasteiger partial charge in [-0.1, -0.05) is 28.1 Å². The molecule has 0 spiro atoms. The fourth-order valence-electron chi connectivity index (χ4n) is 2.15. The van der Waals surface area contributed by atoms with Gasteiger partial charge in [0.25, 0.3) is 0 Å². The van der Waals surface area contributed by atoms with E-state index in [9.17, 15) is 4.39 Å². The highest BCUT2D eigenvalue weighted by atomic mass is 79.9. The molecule has 0 N–H and O–H groups in total. The fourth-order valence-corrected chi connectivity index (χ4v) is 2.95. The minimum absolute atomic E-state index is 0.140. The molecule has 0 heterocycles. The molecule has 1 fully saturated rings. The van der Waals surface area contributed by atoms with E-state index in [-0.39, 0.29) is 5.82 Å². The van der Waals surface area contributed by atoms with Crippen LogP contribution in [0.2, 0.25) is 0 Å². The molecule has 0 saturated heterocycles. The summed E-state index contributed by atoms with van der Waals surface area (Å²) in [4.78, 5) is 0.702. The third-order valence-electron chi connectivity index (χ3n) is 2.91. The van der Waals surface area contributed by atoms with Crippen LogP contribution < -0.4 is 0 Å². The summed E-state index contributed by atoms with van der Waals surface area (Å²) in [5, 5.41) is 0. The Balaban J connectivity index is 1.94. The van der Waals surface area contributed by atoms with Gasteiger partial charge in [0.15, 0.2) is 0 Å². The molecule has 1 aliphatic carbocycles. The summed E-state index contributed by atoms with van der Waals surface area (Å²) in [6.45, 7) is 0. The van der Waals surface area contributed by atoms with Crippen LogP contribution in [-0.2, 0) is 6.42 Å². The van der Waals surface area contributed by atoms with Gasteiger partial charge >= 0.3 is 0 Å². The molecule has 0 aromatic heterocycles. The van der Waals surface area contributed by atoms with Gasteiger partial charge in [-0.05, 0) is 49.3 Å². The van der Waals surface area contributed by atoms with E-state index >= 15 is 0 Å². The predicted molar refractivity (Wildman–Crippen MR) is 60.2 cm³/mol. The highest BCUT2D eigenvalue weighted by Gasteiger charge is 2.22. The lowest BCUT2D eigenvalue weighted by Crippen LogP contribution is -2.00. The van der Waals surface area contributed by atoms with Crippen molar-refractivity contribution >= 4 is 15.9 Å².